The molecule has 0 aromatic heterocycles. The van der Waals surface area contributed by atoms with E-state index in [1.807, 2.05) is 0 Å². The highest BCUT2D eigenvalue weighted by atomic mass is 16.5. The molecule has 0 aromatic carbocycles. The average Bonchev–Trinajstić information content (AvgIpc) is 2.96. The van der Waals surface area contributed by atoms with Crippen LogP contribution in [0.25, 0.3) is 0 Å². The van der Waals surface area contributed by atoms with Crippen molar-refractivity contribution in [2.45, 2.75) is 63.5 Å². The van der Waals surface area contributed by atoms with Gasteiger partial charge >= 0.3 is 0 Å². The molecule has 1 saturated carbocycles. The second-order valence-electron chi connectivity index (χ2n) is 6.66. The Balaban J connectivity index is 1.77. The van der Waals surface area contributed by atoms with Gasteiger partial charge in [-0.2, -0.15) is 0 Å². The topological polar surface area (TPSA) is 41.6 Å². The molecule has 20 heavy (non-hydrogen) atoms. The van der Waals surface area contributed by atoms with Crippen LogP contribution in [0.2, 0.25) is 0 Å². The highest BCUT2D eigenvalue weighted by Crippen LogP contribution is 2.37. The smallest absolute Gasteiger partial charge is 0.228 e. The SMILES string of the molecule is CCC1OCCC1C(=O)N1CCNCC12CCCCC2. The summed E-state index contributed by atoms with van der Waals surface area (Å²) in [7, 11) is 0. The fraction of sp³-hybridized carbons (Fsp3) is 0.938. The lowest BCUT2D eigenvalue weighted by Crippen LogP contribution is -2.65. The zero-order valence-electron chi connectivity index (χ0n) is 12.7. The first-order chi connectivity index (χ1) is 9.77. The number of piperazine rings is 1. The van der Waals surface area contributed by atoms with Crippen LogP contribution in [-0.4, -0.2) is 48.7 Å². The molecule has 1 aliphatic carbocycles. The van der Waals surface area contributed by atoms with Gasteiger partial charge in [0.1, 0.15) is 0 Å². The first kappa shape index (κ1) is 14.3. The number of nitrogens with one attached hydrogen (secondary N) is 1. The fourth-order valence-electron chi connectivity index (χ4n) is 4.38. The Morgan fingerprint density at radius 2 is 2.15 bits per heavy atom. The Morgan fingerprint density at radius 3 is 2.90 bits per heavy atom. The van der Waals surface area contributed by atoms with Gasteiger partial charge in [0.15, 0.2) is 0 Å². The first-order valence-corrected chi connectivity index (χ1v) is 8.41. The molecule has 1 amide bonds. The van der Waals surface area contributed by atoms with Crippen LogP contribution in [0, 0.1) is 5.92 Å². The molecule has 0 bridgehead atoms. The van der Waals surface area contributed by atoms with Gasteiger partial charge in [0.05, 0.1) is 17.6 Å². The summed E-state index contributed by atoms with van der Waals surface area (Å²) >= 11 is 0. The molecule has 2 heterocycles. The quantitative estimate of drug-likeness (QED) is 0.840. The molecule has 1 N–H and O–H groups in total. The third-order valence-corrected chi connectivity index (χ3v) is 5.52. The van der Waals surface area contributed by atoms with Gasteiger partial charge in [-0.05, 0) is 25.7 Å². The van der Waals surface area contributed by atoms with E-state index in [1.54, 1.807) is 0 Å². The second kappa shape index (κ2) is 6.02. The van der Waals surface area contributed by atoms with Crippen molar-refractivity contribution in [1.29, 1.82) is 0 Å². The first-order valence-electron chi connectivity index (χ1n) is 8.41. The summed E-state index contributed by atoms with van der Waals surface area (Å²) in [5.74, 6) is 0.481. The Morgan fingerprint density at radius 1 is 1.35 bits per heavy atom. The molecule has 2 unspecified atom stereocenters. The Bertz CT molecular complexity index is 344. The van der Waals surface area contributed by atoms with E-state index in [0.29, 0.717) is 5.91 Å². The summed E-state index contributed by atoms with van der Waals surface area (Å²) in [4.78, 5) is 15.3. The number of amides is 1. The number of rotatable bonds is 2. The zero-order chi connectivity index (χ0) is 14.0. The van der Waals surface area contributed by atoms with E-state index in [0.717, 1.165) is 39.1 Å². The number of carbonyl (C=O) groups excluding carboxylic acids is 1. The standard InChI is InChI=1S/C16H28N2O2/c1-2-14-13(6-11-20-14)15(19)18-10-9-17-12-16(18)7-4-3-5-8-16/h13-14,17H,2-12H2,1H3. The van der Waals surface area contributed by atoms with E-state index >= 15 is 0 Å². The number of carbonyl (C=O) groups is 1. The van der Waals surface area contributed by atoms with E-state index < -0.39 is 0 Å². The van der Waals surface area contributed by atoms with Gasteiger partial charge in [-0.25, -0.2) is 0 Å². The minimum absolute atomic E-state index is 0.106. The maximum atomic E-state index is 13.1. The number of ether oxygens (including phenoxy) is 1. The molecule has 2 atom stereocenters. The van der Waals surface area contributed by atoms with E-state index in [4.69, 9.17) is 4.74 Å². The van der Waals surface area contributed by atoms with Crippen molar-refractivity contribution in [1.82, 2.24) is 10.2 Å². The van der Waals surface area contributed by atoms with Crippen molar-refractivity contribution in [2.24, 2.45) is 5.92 Å². The molecule has 3 aliphatic rings. The molecule has 4 nitrogen and oxygen atoms in total. The van der Waals surface area contributed by atoms with Crippen molar-refractivity contribution in [2.75, 3.05) is 26.2 Å². The van der Waals surface area contributed by atoms with Crippen molar-refractivity contribution in [3.63, 3.8) is 0 Å². The molecule has 2 saturated heterocycles. The minimum atomic E-state index is 0.106. The number of hydrogen-bond acceptors (Lipinski definition) is 3. The molecule has 4 heteroatoms. The summed E-state index contributed by atoms with van der Waals surface area (Å²) in [6.07, 6.45) is 8.23. The number of nitrogens with zero attached hydrogens (tertiary/aromatic N) is 1. The molecule has 2 aliphatic heterocycles. The lowest BCUT2D eigenvalue weighted by molar-refractivity contribution is -0.147. The summed E-state index contributed by atoms with van der Waals surface area (Å²) < 4.78 is 5.74. The van der Waals surface area contributed by atoms with Gasteiger partial charge in [0.25, 0.3) is 0 Å². The highest BCUT2D eigenvalue weighted by Gasteiger charge is 2.46. The third kappa shape index (κ3) is 2.48. The highest BCUT2D eigenvalue weighted by molar-refractivity contribution is 5.80. The van der Waals surface area contributed by atoms with Gasteiger partial charge < -0.3 is 15.0 Å². The molecule has 0 aromatic rings. The van der Waals surface area contributed by atoms with Gasteiger partial charge in [0, 0.05) is 26.2 Å². The predicted molar refractivity (Wildman–Crippen MR) is 78.5 cm³/mol. The van der Waals surface area contributed by atoms with Crippen LogP contribution in [-0.2, 0) is 9.53 Å². The van der Waals surface area contributed by atoms with E-state index in [9.17, 15) is 4.79 Å². The van der Waals surface area contributed by atoms with E-state index in [2.05, 4.69) is 17.1 Å². The third-order valence-electron chi connectivity index (χ3n) is 5.52. The maximum absolute atomic E-state index is 13.1. The van der Waals surface area contributed by atoms with E-state index in [1.165, 1.54) is 32.1 Å². The molecular weight excluding hydrogens is 252 g/mol. The van der Waals surface area contributed by atoms with Crippen LogP contribution in [0.5, 0.6) is 0 Å². The van der Waals surface area contributed by atoms with Crippen LogP contribution < -0.4 is 5.32 Å². The van der Waals surface area contributed by atoms with Crippen LogP contribution in [0.4, 0.5) is 0 Å². The van der Waals surface area contributed by atoms with Crippen LogP contribution in [0.3, 0.4) is 0 Å². The lowest BCUT2D eigenvalue weighted by atomic mass is 9.78. The van der Waals surface area contributed by atoms with Gasteiger partial charge in [-0.15, -0.1) is 0 Å². The van der Waals surface area contributed by atoms with Crippen molar-refractivity contribution in [3.05, 3.63) is 0 Å². The maximum Gasteiger partial charge on any atom is 0.228 e. The minimum Gasteiger partial charge on any atom is -0.377 e. The summed E-state index contributed by atoms with van der Waals surface area (Å²) in [6.45, 7) is 5.70. The van der Waals surface area contributed by atoms with Crippen LogP contribution in [0.15, 0.2) is 0 Å². The van der Waals surface area contributed by atoms with Gasteiger partial charge in [-0.1, -0.05) is 26.2 Å². The predicted octanol–water partition coefficient (Wildman–Crippen LogP) is 1.94. The van der Waals surface area contributed by atoms with Crippen molar-refractivity contribution in [3.8, 4) is 0 Å². The molecule has 3 fully saturated rings. The molecule has 114 valence electrons. The number of hydrogen-bond donors (Lipinski definition) is 1. The van der Waals surface area contributed by atoms with Gasteiger partial charge in [-0.3, -0.25) is 4.79 Å². The monoisotopic (exact) mass is 280 g/mol. The zero-order valence-corrected chi connectivity index (χ0v) is 12.7. The molecular formula is C16H28N2O2. The summed E-state index contributed by atoms with van der Waals surface area (Å²) in [6, 6.07) is 0. The van der Waals surface area contributed by atoms with Crippen LogP contribution >= 0.6 is 0 Å². The van der Waals surface area contributed by atoms with Gasteiger partial charge in [0.2, 0.25) is 5.91 Å². The molecule has 0 radical (unpaired) electrons. The van der Waals surface area contributed by atoms with Crippen molar-refractivity contribution < 1.29 is 9.53 Å². The van der Waals surface area contributed by atoms with Crippen molar-refractivity contribution >= 4 is 5.91 Å². The largest absolute Gasteiger partial charge is 0.377 e. The second-order valence-corrected chi connectivity index (χ2v) is 6.66. The summed E-state index contributed by atoms with van der Waals surface area (Å²) in [5, 5.41) is 3.52. The Labute approximate surface area is 122 Å². The Kier molecular flexibility index (Phi) is 4.32. The molecule has 3 rings (SSSR count). The van der Waals surface area contributed by atoms with E-state index in [-0.39, 0.29) is 17.6 Å². The summed E-state index contributed by atoms with van der Waals surface area (Å²) in [5.41, 5.74) is 0.106. The normalized spacial score (nSPS) is 33.5. The Hall–Kier alpha value is -0.610. The molecule has 1 spiro atoms. The lowest BCUT2D eigenvalue weighted by Gasteiger charge is -2.50. The average molecular weight is 280 g/mol. The van der Waals surface area contributed by atoms with Crippen LogP contribution in [0.1, 0.15) is 51.9 Å². The fourth-order valence-corrected chi connectivity index (χ4v) is 4.38.